The summed E-state index contributed by atoms with van der Waals surface area (Å²) in [6.45, 7) is 2.07. The molecule has 1 aromatic rings. The van der Waals surface area contributed by atoms with Crippen LogP contribution in [0.15, 0.2) is 18.2 Å². The van der Waals surface area contributed by atoms with E-state index in [9.17, 15) is 0 Å². The molecule has 0 amide bonds. The van der Waals surface area contributed by atoms with Gasteiger partial charge in [-0.3, -0.25) is 0 Å². The number of anilines is 2. The lowest BCUT2D eigenvalue weighted by molar-refractivity contribution is 0.685. The van der Waals surface area contributed by atoms with E-state index in [0.717, 1.165) is 11.4 Å². The molecule has 0 bridgehead atoms. The molecule has 3 N–H and O–H groups in total. The Hall–Kier alpha value is -0.830. The van der Waals surface area contributed by atoms with Gasteiger partial charge >= 0.3 is 0 Å². The second-order valence-corrected chi connectivity index (χ2v) is 5.30. The summed E-state index contributed by atoms with van der Waals surface area (Å²) in [5.74, 6) is 2.51. The smallest absolute Gasteiger partial charge is 0.0576 e. The maximum atomic E-state index is 5.97. The first kappa shape index (κ1) is 10.7. The zero-order valence-electron chi connectivity index (χ0n) is 9.12. The average molecular weight is 222 g/mol. The molecule has 15 heavy (non-hydrogen) atoms. The largest absolute Gasteiger partial charge is 0.397 e. The highest BCUT2D eigenvalue weighted by Crippen LogP contribution is 2.24. The fourth-order valence-electron chi connectivity index (χ4n) is 1.89. The van der Waals surface area contributed by atoms with Crippen molar-refractivity contribution in [2.45, 2.75) is 25.8 Å². The summed E-state index contributed by atoms with van der Waals surface area (Å²) < 4.78 is 0. The Morgan fingerprint density at radius 2 is 2.33 bits per heavy atom. The van der Waals surface area contributed by atoms with Gasteiger partial charge < -0.3 is 11.1 Å². The number of nitrogens with two attached hydrogens (primary N) is 1. The summed E-state index contributed by atoms with van der Waals surface area (Å²) >= 11 is 2.03. The summed E-state index contributed by atoms with van der Waals surface area (Å²) in [6, 6.07) is 6.81. The number of aryl methyl sites for hydroxylation is 1. The molecule has 2 rings (SSSR count). The fraction of sp³-hybridized carbons (Fsp3) is 0.500. The number of hydrogen-bond acceptors (Lipinski definition) is 3. The number of nitrogen functional groups attached to an aromatic ring is 1. The molecule has 0 aromatic heterocycles. The van der Waals surface area contributed by atoms with Gasteiger partial charge in [-0.2, -0.15) is 11.8 Å². The third-order valence-electron chi connectivity index (χ3n) is 2.73. The quantitative estimate of drug-likeness (QED) is 0.756. The van der Waals surface area contributed by atoms with E-state index in [1.807, 2.05) is 17.8 Å². The Kier molecular flexibility index (Phi) is 3.41. The predicted octanol–water partition coefficient (Wildman–Crippen LogP) is 2.88. The topological polar surface area (TPSA) is 38.0 Å². The van der Waals surface area contributed by atoms with Crippen LogP contribution in [0.3, 0.4) is 0 Å². The molecule has 1 aromatic carbocycles. The molecule has 1 saturated heterocycles. The monoisotopic (exact) mass is 222 g/mol. The van der Waals surface area contributed by atoms with Crippen molar-refractivity contribution in [3.8, 4) is 0 Å². The molecule has 1 heterocycles. The molecule has 0 saturated carbocycles. The minimum atomic E-state index is 0.591. The summed E-state index contributed by atoms with van der Waals surface area (Å²) in [6.07, 6.45) is 2.58. The normalized spacial score (nSPS) is 21.3. The van der Waals surface area contributed by atoms with Crippen LogP contribution in [0.25, 0.3) is 0 Å². The molecule has 1 aliphatic heterocycles. The van der Waals surface area contributed by atoms with Crippen LogP contribution in [0.2, 0.25) is 0 Å². The van der Waals surface area contributed by atoms with Gasteiger partial charge in [-0.05, 0) is 43.2 Å². The van der Waals surface area contributed by atoms with E-state index < -0.39 is 0 Å². The Bertz CT molecular complexity index is 332. The molecule has 3 heteroatoms. The van der Waals surface area contributed by atoms with Gasteiger partial charge in [-0.1, -0.05) is 6.07 Å². The molecule has 1 atom stereocenters. The van der Waals surface area contributed by atoms with Gasteiger partial charge in [0.2, 0.25) is 0 Å². The van der Waals surface area contributed by atoms with Gasteiger partial charge in [0.05, 0.1) is 11.4 Å². The Balaban J connectivity index is 2.03. The molecule has 1 fully saturated rings. The lowest BCUT2D eigenvalue weighted by atomic mass is 10.1. The zero-order valence-corrected chi connectivity index (χ0v) is 9.94. The van der Waals surface area contributed by atoms with Crippen LogP contribution in [-0.2, 0) is 0 Å². The maximum Gasteiger partial charge on any atom is 0.0576 e. The number of rotatable bonds is 2. The minimum absolute atomic E-state index is 0.591. The fourth-order valence-corrected chi connectivity index (χ4v) is 2.96. The van der Waals surface area contributed by atoms with Crippen molar-refractivity contribution in [2.75, 3.05) is 22.6 Å². The highest BCUT2D eigenvalue weighted by molar-refractivity contribution is 7.99. The van der Waals surface area contributed by atoms with Gasteiger partial charge in [0.25, 0.3) is 0 Å². The maximum absolute atomic E-state index is 5.97. The van der Waals surface area contributed by atoms with Gasteiger partial charge in [-0.15, -0.1) is 0 Å². The van der Waals surface area contributed by atoms with Crippen molar-refractivity contribution < 1.29 is 0 Å². The van der Waals surface area contributed by atoms with Crippen LogP contribution in [0, 0.1) is 6.92 Å². The molecule has 0 radical (unpaired) electrons. The second-order valence-electron chi connectivity index (χ2n) is 4.15. The molecule has 82 valence electrons. The van der Waals surface area contributed by atoms with E-state index in [2.05, 4.69) is 24.4 Å². The van der Waals surface area contributed by atoms with Crippen LogP contribution in [0.5, 0.6) is 0 Å². The highest BCUT2D eigenvalue weighted by Gasteiger charge is 2.13. The van der Waals surface area contributed by atoms with Crippen LogP contribution >= 0.6 is 11.8 Å². The van der Waals surface area contributed by atoms with E-state index in [1.165, 1.54) is 29.9 Å². The summed E-state index contributed by atoms with van der Waals surface area (Å²) in [4.78, 5) is 0. The van der Waals surface area contributed by atoms with Gasteiger partial charge in [-0.25, -0.2) is 0 Å². The van der Waals surface area contributed by atoms with E-state index in [0.29, 0.717) is 6.04 Å². The Labute approximate surface area is 95.6 Å². The standard InChI is InChI=1S/C12H18N2S/c1-9-4-5-12(11(13)7-9)14-10-3-2-6-15-8-10/h4-5,7,10,14H,2-3,6,8,13H2,1H3. The molecule has 1 unspecified atom stereocenters. The molecular formula is C12H18N2S. The van der Waals surface area contributed by atoms with E-state index in [-0.39, 0.29) is 0 Å². The lowest BCUT2D eigenvalue weighted by Gasteiger charge is -2.24. The molecular weight excluding hydrogens is 204 g/mol. The van der Waals surface area contributed by atoms with Crippen molar-refractivity contribution in [3.63, 3.8) is 0 Å². The third-order valence-corrected chi connectivity index (χ3v) is 3.94. The summed E-state index contributed by atoms with van der Waals surface area (Å²) in [5, 5.41) is 3.53. The van der Waals surface area contributed by atoms with Crippen LogP contribution in [0.1, 0.15) is 18.4 Å². The second kappa shape index (κ2) is 4.79. The van der Waals surface area contributed by atoms with Crippen LogP contribution < -0.4 is 11.1 Å². The number of thioether (sulfide) groups is 1. The average Bonchev–Trinajstić information content (AvgIpc) is 2.24. The molecule has 2 nitrogen and oxygen atoms in total. The van der Waals surface area contributed by atoms with Crippen molar-refractivity contribution in [3.05, 3.63) is 23.8 Å². The third kappa shape index (κ3) is 2.81. The summed E-state index contributed by atoms with van der Waals surface area (Å²) in [5.41, 5.74) is 9.14. The number of hydrogen-bond donors (Lipinski definition) is 2. The number of nitrogens with one attached hydrogen (secondary N) is 1. The van der Waals surface area contributed by atoms with Crippen molar-refractivity contribution in [1.29, 1.82) is 0 Å². The van der Waals surface area contributed by atoms with Crippen molar-refractivity contribution in [1.82, 2.24) is 0 Å². The van der Waals surface area contributed by atoms with Crippen LogP contribution in [-0.4, -0.2) is 17.5 Å². The van der Waals surface area contributed by atoms with E-state index in [4.69, 9.17) is 5.73 Å². The molecule has 0 spiro atoms. The highest BCUT2D eigenvalue weighted by atomic mass is 32.2. The Morgan fingerprint density at radius 1 is 1.47 bits per heavy atom. The van der Waals surface area contributed by atoms with Crippen molar-refractivity contribution in [2.24, 2.45) is 0 Å². The first-order valence-electron chi connectivity index (χ1n) is 5.46. The predicted molar refractivity (Wildman–Crippen MR) is 69.6 cm³/mol. The van der Waals surface area contributed by atoms with Crippen molar-refractivity contribution >= 4 is 23.1 Å². The Morgan fingerprint density at radius 3 is 3.00 bits per heavy atom. The van der Waals surface area contributed by atoms with Gasteiger partial charge in [0.1, 0.15) is 0 Å². The van der Waals surface area contributed by atoms with Crippen LogP contribution in [0.4, 0.5) is 11.4 Å². The molecule has 0 aliphatic carbocycles. The first-order valence-corrected chi connectivity index (χ1v) is 6.61. The lowest BCUT2D eigenvalue weighted by Crippen LogP contribution is -2.26. The molecule has 1 aliphatic rings. The van der Waals surface area contributed by atoms with E-state index in [1.54, 1.807) is 0 Å². The van der Waals surface area contributed by atoms with Gasteiger partial charge in [0.15, 0.2) is 0 Å². The minimum Gasteiger partial charge on any atom is -0.397 e. The first-order chi connectivity index (χ1) is 7.25. The zero-order chi connectivity index (χ0) is 10.7. The van der Waals surface area contributed by atoms with Gasteiger partial charge in [0, 0.05) is 11.8 Å². The van der Waals surface area contributed by atoms with E-state index >= 15 is 0 Å². The SMILES string of the molecule is Cc1ccc(NC2CCCSC2)c(N)c1. The number of benzene rings is 1. The summed E-state index contributed by atoms with van der Waals surface area (Å²) in [7, 11) is 0.